The number of carbonyl (C=O) groups is 1. The van der Waals surface area contributed by atoms with Crippen LogP contribution in [0.3, 0.4) is 0 Å². The third kappa shape index (κ3) is 2.53. The van der Waals surface area contributed by atoms with Gasteiger partial charge in [-0.3, -0.25) is 4.79 Å². The van der Waals surface area contributed by atoms with E-state index in [2.05, 4.69) is 12.2 Å². The van der Waals surface area contributed by atoms with Crippen LogP contribution in [0.1, 0.15) is 58.8 Å². The zero-order valence-corrected chi connectivity index (χ0v) is 12.9. The van der Waals surface area contributed by atoms with E-state index < -0.39 is 0 Å². The topological polar surface area (TPSA) is 29.1 Å². The number of hydrogen-bond acceptors (Lipinski definition) is 1. The van der Waals surface area contributed by atoms with Crippen molar-refractivity contribution >= 4 is 17.5 Å². The fraction of sp³-hybridized carbons (Fsp3) is 0.938. The highest BCUT2D eigenvalue weighted by Crippen LogP contribution is 2.65. The molecule has 4 aliphatic rings. The molecule has 4 bridgehead atoms. The summed E-state index contributed by atoms with van der Waals surface area (Å²) in [6.07, 6.45) is 8.36. The van der Waals surface area contributed by atoms with Crippen LogP contribution in [0.5, 0.6) is 0 Å². The van der Waals surface area contributed by atoms with Gasteiger partial charge < -0.3 is 5.32 Å². The lowest BCUT2D eigenvalue weighted by Gasteiger charge is -2.60. The van der Waals surface area contributed by atoms with Crippen LogP contribution in [0.15, 0.2) is 0 Å². The zero-order chi connectivity index (χ0) is 13.7. The van der Waals surface area contributed by atoms with Gasteiger partial charge in [0.1, 0.15) is 0 Å². The lowest BCUT2D eigenvalue weighted by Crippen LogP contribution is -2.56. The Bertz CT molecular complexity index is 365. The lowest BCUT2D eigenvalue weighted by molar-refractivity contribution is -0.155. The second-order valence-electron chi connectivity index (χ2n) is 7.88. The van der Waals surface area contributed by atoms with Crippen LogP contribution >= 0.6 is 11.6 Å². The van der Waals surface area contributed by atoms with Crippen LogP contribution in [-0.4, -0.2) is 17.8 Å². The van der Waals surface area contributed by atoms with Gasteiger partial charge in [-0.1, -0.05) is 6.92 Å². The highest BCUT2D eigenvalue weighted by atomic mass is 35.5. The lowest BCUT2D eigenvalue weighted by atomic mass is 9.44. The Hall–Kier alpha value is -0.240. The summed E-state index contributed by atoms with van der Waals surface area (Å²) in [5.74, 6) is 1.94. The summed E-state index contributed by atoms with van der Waals surface area (Å²) in [5.41, 5.74) is 0.412. The van der Waals surface area contributed by atoms with Crippen molar-refractivity contribution in [2.24, 2.45) is 22.7 Å². The molecule has 0 spiro atoms. The quantitative estimate of drug-likeness (QED) is 0.783. The van der Waals surface area contributed by atoms with Crippen molar-refractivity contribution < 1.29 is 4.79 Å². The Kier molecular flexibility index (Phi) is 3.36. The van der Waals surface area contributed by atoms with Crippen LogP contribution < -0.4 is 5.32 Å². The average Bonchev–Trinajstić information content (AvgIpc) is 2.24. The smallest absolute Gasteiger partial charge is 0.226 e. The molecule has 19 heavy (non-hydrogen) atoms. The van der Waals surface area contributed by atoms with E-state index in [1.165, 1.54) is 19.3 Å². The summed E-state index contributed by atoms with van der Waals surface area (Å²) in [6.45, 7) is 5.13. The van der Waals surface area contributed by atoms with Gasteiger partial charge in [-0.15, -0.1) is 11.6 Å². The molecule has 0 aromatic carbocycles. The Balaban J connectivity index is 1.68. The van der Waals surface area contributed by atoms with Crippen molar-refractivity contribution in [3.63, 3.8) is 0 Å². The first-order chi connectivity index (χ1) is 8.91. The van der Waals surface area contributed by atoms with Gasteiger partial charge in [0.15, 0.2) is 0 Å². The number of carbonyl (C=O) groups excluding carboxylic acids is 1. The molecule has 4 saturated carbocycles. The van der Waals surface area contributed by atoms with E-state index in [1.54, 1.807) is 0 Å². The molecule has 4 aliphatic carbocycles. The second kappa shape index (κ2) is 4.65. The van der Waals surface area contributed by atoms with Gasteiger partial charge in [0, 0.05) is 11.9 Å². The molecule has 0 aromatic rings. The predicted molar refractivity (Wildman–Crippen MR) is 78.2 cm³/mol. The van der Waals surface area contributed by atoms with Gasteiger partial charge in [-0.2, -0.15) is 0 Å². The third-order valence-electron chi connectivity index (χ3n) is 5.66. The van der Waals surface area contributed by atoms with Gasteiger partial charge in [-0.25, -0.2) is 0 Å². The number of amides is 1. The monoisotopic (exact) mass is 283 g/mol. The molecule has 3 heteroatoms. The van der Waals surface area contributed by atoms with Crippen molar-refractivity contribution in [2.75, 3.05) is 6.54 Å². The molecule has 108 valence electrons. The first-order valence-corrected chi connectivity index (χ1v) is 8.27. The first-order valence-electron chi connectivity index (χ1n) is 7.83. The van der Waals surface area contributed by atoms with E-state index in [4.69, 9.17) is 11.6 Å². The van der Waals surface area contributed by atoms with E-state index in [1.807, 2.05) is 6.92 Å². The standard InChI is InChI=1S/C16H26ClNO/c1-11(17)3-4-18-14(19)16-8-12-5-13(9-16)7-15(2,6-12)10-16/h11-13H,3-10H2,1-2H3,(H,18,19). The molecule has 0 saturated heterocycles. The molecule has 4 fully saturated rings. The molecule has 2 nitrogen and oxygen atoms in total. The number of halogens is 1. The first kappa shape index (κ1) is 13.7. The number of alkyl halides is 1. The fourth-order valence-electron chi connectivity index (χ4n) is 5.56. The molecular formula is C16H26ClNO. The molecule has 0 heterocycles. The van der Waals surface area contributed by atoms with Crippen LogP contribution in [0.2, 0.25) is 0 Å². The minimum Gasteiger partial charge on any atom is -0.356 e. The van der Waals surface area contributed by atoms with E-state index >= 15 is 0 Å². The summed E-state index contributed by atoms with van der Waals surface area (Å²) in [6, 6.07) is 0. The number of nitrogens with one attached hydrogen (secondary N) is 1. The summed E-state index contributed by atoms with van der Waals surface area (Å²) in [4.78, 5) is 12.7. The van der Waals surface area contributed by atoms with Crippen molar-refractivity contribution in [3.05, 3.63) is 0 Å². The molecule has 0 aliphatic heterocycles. The largest absolute Gasteiger partial charge is 0.356 e. The summed E-state index contributed by atoms with van der Waals surface area (Å²) >= 11 is 5.95. The summed E-state index contributed by atoms with van der Waals surface area (Å²) in [5, 5.41) is 3.31. The third-order valence-corrected chi connectivity index (χ3v) is 5.88. The van der Waals surface area contributed by atoms with Crippen molar-refractivity contribution in [2.45, 2.75) is 64.2 Å². The van der Waals surface area contributed by atoms with Crippen LogP contribution in [0.4, 0.5) is 0 Å². The predicted octanol–water partition coefficient (Wildman–Crippen LogP) is 3.73. The number of hydrogen-bond donors (Lipinski definition) is 1. The van der Waals surface area contributed by atoms with E-state index in [-0.39, 0.29) is 10.8 Å². The average molecular weight is 284 g/mol. The summed E-state index contributed by atoms with van der Waals surface area (Å²) in [7, 11) is 0. The van der Waals surface area contributed by atoms with Crippen molar-refractivity contribution in [1.29, 1.82) is 0 Å². The second-order valence-corrected chi connectivity index (χ2v) is 8.62. The van der Waals surface area contributed by atoms with Crippen molar-refractivity contribution in [1.82, 2.24) is 5.32 Å². The maximum absolute atomic E-state index is 12.7. The molecular weight excluding hydrogens is 258 g/mol. The Morgan fingerprint density at radius 2 is 1.95 bits per heavy atom. The minimum absolute atomic E-state index is 0.0333. The number of rotatable bonds is 4. The molecule has 0 aromatic heterocycles. The highest BCUT2D eigenvalue weighted by Gasteiger charge is 2.58. The molecule has 1 amide bonds. The Labute approximate surface area is 121 Å². The molecule has 3 unspecified atom stereocenters. The fourth-order valence-corrected chi connectivity index (χ4v) is 5.67. The van der Waals surface area contributed by atoms with Gasteiger partial charge in [0.25, 0.3) is 0 Å². The van der Waals surface area contributed by atoms with Crippen molar-refractivity contribution in [3.8, 4) is 0 Å². The molecule has 4 rings (SSSR count). The highest BCUT2D eigenvalue weighted by molar-refractivity contribution is 6.20. The van der Waals surface area contributed by atoms with E-state index in [0.29, 0.717) is 11.3 Å². The van der Waals surface area contributed by atoms with Gasteiger partial charge in [-0.05, 0) is 69.1 Å². The van der Waals surface area contributed by atoms with E-state index in [9.17, 15) is 4.79 Å². The maximum Gasteiger partial charge on any atom is 0.226 e. The minimum atomic E-state index is -0.0333. The van der Waals surface area contributed by atoms with Crippen LogP contribution in [0.25, 0.3) is 0 Å². The molecule has 1 N–H and O–H groups in total. The molecule has 0 radical (unpaired) electrons. The van der Waals surface area contributed by atoms with Gasteiger partial charge in [0.2, 0.25) is 5.91 Å². The molecule has 3 atom stereocenters. The summed E-state index contributed by atoms with van der Waals surface area (Å²) < 4.78 is 0. The maximum atomic E-state index is 12.7. The zero-order valence-electron chi connectivity index (χ0n) is 12.2. The van der Waals surface area contributed by atoms with Crippen LogP contribution in [0, 0.1) is 22.7 Å². The SMILES string of the molecule is CC(Cl)CCNC(=O)C12CC3CC(CC(C)(C3)C1)C2. The Morgan fingerprint density at radius 3 is 2.47 bits per heavy atom. The van der Waals surface area contributed by atoms with Gasteiger partial charge >= 0.3 is 0 Å². The Morgan fingerprint density at radius 1 is 1.32 bits per heavy atom. The normalized spacial score (nSPS) is 45.2. The van der Waals surface area contributed by atoms with Crippen LogP contribution in [-0.2, 0) is 4.79 Å². The van der Waals surface area contributed by atoms with E-state index in [0.717, 1.165) is 44.1 Å². The van der Waals surface area contributed by atoms with Gasteiger partial charge in [0.05, 0.1) is 5.41 Å².